The average Bonchev–Trinajstić information content (AvgIpc) is 2.34. The molecule has 1 rings (SSSR count). The standard InChI is InChI=1S/C13H24/c1-5-6-7-8-13-9-10(2)11(3)12(13)4/h10,13H,5-9H2,1-4H3. The maximum absolute atomic E-state index is 2.37. The van der Waals surface area contributed by atoms with Crippen LogP contribution >= 0.6 is 0 Å². The lowest BCUT2D eigenvalue weighted by atomic mass is 9.94. The Bertz CT molecular complexity index is 188. The minimum absolute atomic E-state index is 0.853. The van der Waals surface area contributed by atoms with Crippen LogP contribution in [-0.4, -0.2) is 0 Å². The van der Waals surface area contributed by atoms with Crippen molar-refractivity contribution in [2.45, 2.75) is 59.8 Å². The first-order valence-corrected chi connectivity index (χ1v) is 5.84. The summed E-state index contributed by atoms with van der Waals surface area (Å²) >= 11 is 0. The van der Waals surface area contributed by atoms with Crippen LogP contribution in [-0.2, 0) is 0 Å². The molecule has 0 radical (unpaired) electrons. The third kappa shape index (κ3) is 2.59. The van der Waals surface area contributed by atoms with Crippen LogP contribution in [0.15, 0.2) is 11.1 Å². The van der Waals surface area contributed by atoms with Crippen LogP contribution < -0.4 is 0 Å². The van der Waals surface area contributed by atoms with Crippen LogP contribution in [0.5, 0.6) is 0 Å². The van der Waals surface area contributed by atoms with Crippen molar-refractivity contribution in [3.63, 3.8) is 0 Å². The van der Waals surface area contributed by atoms with E-state index in [2.05, 4.69) is 27.7 Å². The van der Waals surface area contributed by atoms with E-state index in [1.807, 2.05) is 0 Å². The SMILES string of the molecule is CCCCCC1CC(C)C(C)=C1C. The van der Waals surface area contributed by atoms with E-state index in [0.717, 1.165) is 11.8 Å². The van der Waals surface area contributed by atoms with Gasteiger partial charge in [-0.3, -0.25) is 0 Å². The summed E-state index contributed by atoms with van der Waals surface area (Å²) in [7, 11) is 0. The Kier molecular flexibility index (Phi) is 4.02. The number of hydrogen-bond acceptors (Lipinski definition) is 0. The molecule has 76 valence electrons. The number of rotatable bonds is 4. The zero-order valence-electron chi connectivity index (χ0n) is 9.69. The summed E-state index contributed by atoms with van der Waals surface area (Å²) in [6.45, 7) is 9.32. The van der Waals surface area contributed by atoms with Gasteiger partial charge < -0.3 is 0 Å². The monoisotopic (exact) mass is 180 g/mol. The Morgan fingerprint density at radius 1 is 1.15 bits per heavy atom. The van der Waals surface area contributed by atoms with Gasteiger partial charge in [0.1, 0.15) is 0 Å². The molecule has 0 bridgehead atoms. The lowest BCUT2D eigenvalue weighted by molar-refractivity contribution is 0.473. The fourth-order valence-electron chi connectivity index (χ4n) is 2.47. The number of allylic oxidation sites excluding steroid dienone is 2. The van der Waals surface area contributed by atoms with Gasteiger partial charge in [-0.2, -0.15) is 0 Å². The molecule has 0 nitrogen and oxygen atoms in total. The summed E-state index contributed by atoms with van der Waals surface area (Å²) < 4.78 is 0. The topological polar surface area (TPSA) is 0 Å². The minimum atomic E-state index is 0.853. The Morgan fingerprint density at radius 3 is 2.31 bits per heavy atom. The Balaban J connectivity index is 2.37. The lowest BCUT2D eigenvalue weighted by Gasteiger charge is -2.11. The minimum Gasteiger partial charge on any atom is -0.0713 e. The summed E-state index contributed by atoms with van der Waals surface area (Å²) in [4.78, 5) is 0. The summed E-state index contributed by atoms with van der Waals surface area (Å²) in [6.07, 6.45) is 7.04. The summed E-state index contributed by atoms with van der Waals surface area (Å²) in [6, 6.07) is 0. The molecule has 2 unspecified atom stereocenters. The maximum Gasteiger partial charge on any atom is -0.0198 e. The van der Waals surface area contributed by atoms with Crippen LogP contribution in [0.1, 0.15) is 59.8 Å². The van der Waals surface area contributed by atoms with E-state index in [-0.39, 0.29) is 0 Å². The number of unbranched alkanes of at least 4 members (excludes halogenated alkanes) is 2. The molecule has 1 aliphatic rings. The molecule has 0 N–H and O–H groups in total. The highest BCUT2D eigenvalue weighted by Gasteiger charge is 2.24. The average molecular weight is 180 g/mol. The van der Waals surface area contributed by atoms with Gasteiger partial charge in [0.15, 0.2) is 0 Å². The Morgan fingerprint density at radius 2 is 1.85 bits per heavy atom. The van der Waals surface area contributed by atoms with Crippen LogP contribution in [0.4, 0.5) is 0 Å². The van der Waals surface area contributed by atoms with Crippen LogP contribution in [0.2, 0.25) is 0 Å². The van der Waals surface area contributed by atoms with Gasteiger partial charge in [-0.1, -0.05) is 44.3 Å². The molecule has 0 amide bonds. The molecule has 13 heavy (non-hydrogen) atoms. The zero-order valence-corrected chi connectivity index (χ0v) is 9.69. The predicted octanol–water partition coefficient (Wildman–Crippen LogP) is 4.56. The molecule has 0 heteroatoms. The first kappa shape index (κ1) is 10.8. The van der Waals surface area contributed by atoms with Crippen molar-refractivity contribution in [3.8, 4) is 0 Å². The Hall–Kier alpha value is -0.260. The fourth-order valence-corrected chi connectivity index (χ4v) is 2.47. The van der Waals surface area contributed by atoms with Crippen molar-refractivity contribution in [2.75, 3.05) is 0 Å². The highest BCUT2D eigenvalue weighted by molar-refractivity contribution is 5.21. The van der Waals surface area contributed by atoms with Crippen molar-refractivity contribution < 1.29 is 0 Å². The molecular formula is C13H24. The molecule has 2 atom stereocenters. The van der Waals surface area contributed by atoms with Crippen LogP contribution in [0, 0.1) is 11.8 Å². The van der Waals surface area contributed by atoms with Crippen LogP contribution in [0.3, 0.4) is 0 Å². The van der Waals surface area contributed by atoms with E-state index in [1.165, 1.54) is 32.1 Å². The third-order valence-corrected chi connectivity index (χ3v) is 3.77. The maximum atomic E-state index is 2.37. The second-order valence-corrected chi connectivity index (χ2v) is 4.70. The summed E-state index contributed by atoms with van der Waals surface area (Å²) in [5, 5.41) is 0. The molecule has 0 saturated carbocycles. The van der Waals surface area contributed by atoms with Crippen molar-refractivity contribution in [3.05, 3.63) is 11.1 Å². The van der Waals surface area contributed by atoms with Gasteiger partial charge in [-0.25, -0.2) is 0 Å². The molecule has 0 saturated heterocycles. The summed E-state index contributed by atoms with van der Waals surface area (Å²) in [5.41, 5.74) is 3.37. The van der Waals surface area contributed by atoms with E-state index in [4.69, 9.17) is 0 Å². The van der Waals surface area contributed by atoms with Gasteiger partial charge in [0.25, 0.3) is 0 Å². The van der Waals surface area contributed by atoms with E-state index < -0.39 is 0 Å². The van der Waals surface area contributed by atoms with Gasteiger partial charge in [0.2, 0.25) is 0 Å². The zero-order chi connectivity index (χ0) is 9.84. The largest absolute Gasteiger partial charge is 0.0713 e. The molecular weight excluding hydrogens is 156 g/mol. The second kappa shape index (κ2) is 4.83. The van der Waals surface area contributed by atoms with Crippen molar-refractivity contribution in [1.29, 1.82) is 0 Å². The molecule has 1 aliphatic carbocycles. The molecule has 0 heterocycles. The van der Waals surface area contributed by atoms with Gasteiger partial charge >= 0.3 is 0 Å². The van der Waals surface area contributed by atoms with Crippen molar-refractivity contribution in [2.24, 2.45) is 11.8 Å². The van der Waals surface area contributed by atoms with Gasteiger partial charge in [0.05, 0.1) is 0 Å². The molecule has 0 aromatic rings. The highest BCUT2D eigenvalue weighted by atomic mass is 14.3. The quantitative estimate of drug-likeness (QED) is 0.439. The molecule has 0 aromatic heterocycles. The third-order valence-electron chi connectivity index (χ3n) is 3.77. The van der Waals surface area contributed by atoms with E-state index in [1.54, 1.807) is 11.1 Å². The second-order valence-electron chi connectivity index (χ2n) is 4.70. The van der Waals surface area contributed by atoms with E-state index in [0.29, 0.717) is 0 Å². The normalized spacial score (nSPS) is 28.6. The van der Waals surface area contributed by atoms with Crippen molar-refractivity contribution in [1.82, 2.24) is 0 Å². The first-order chi connectivity index (χ1) is 6.16. The highest BCUT2D eigenvalue weighted by Crippen LogP contribution is 2.38. The lowest BCUT2D eigenvalue weighted by Crippen LogP contribution is -1.98. The molecule has 0 fully saturated rings. The molecule has 0 aromatic carbocycles. The van der Waals surface area contributed by atoms with E-state index in [9.17, 15) is 0 Å². The molecule has 0 aliphatic heterocycles. The summed E-state index contributed by atoms with van der Waals surface area (Å²) in [5.74, 6) is 1.77. The Labute approximate surface area is 83.4 Å². The number of hydrogen-bond donors (Lipinski definition) is 0. The van der Waals surface area contributed by atoms with Gasteiger partial charge in [-0.15, -0.1) is 0 Å². The van der Waals surface area contributed by atoms with Crippen LogP contribution in [0.25, 0.3) is 0 Å². The van der Waals surface area contributed by atoms with Gasteiger partial charge in [-0.05, 0) is 38.5 Å². The smallest absolute Gasteiger partial charge is 0.0198 e. The van der Waals surface area contributed by atoms with Gasteiger partial charge in [0, 0.05) is 0 Å². The molecule has 0 spiro atoms. The first-order valence-electron chi connectivity index (χ1n) is 5.84. The van der Waals surface area contributed by atoms with Crippen molar-refractivity contribution >= 4 is 0 Å². The predicted molar refractivity (Wildman–Crippen MR) is 59.8 cm³/mol. The fraction of sp³-hybridized carbons (Fsp3) is 0.846. The van der Waals surface area contributed by atoms with E-state index >= 15 is 0 Å².